The second kappa shape index (κ2) is 13.7. The number of aryl methyl sites for hydroxylation is 1. The smallest absolute Gasteiger partial charge is 0.137 e. The lowest BCUT2D eigenvalue weighted by atomic mass is 9.81. The summed E-state index contributed by atoms with van der Waals surface area (Å²) < 4.78 is 9.42. The number of para-hydroxylation sites is 3. The highest BCUT2D eigenvalue weighted by Gasteiger charge is 2.38. The Bertz CT molecular complexity index is 3120. The first kappa shape index (κ1) is 36.9. The van der Waals surface area contributed by atoms with Crippen molar-refractivity contribution in [3.05, 3.63) is 192 Å². The highest BCUT2D eigenvalue weighted by molar-refractivity contribution is 6.16. The van der Waals surface area contributed by atoms with Crippen molar-refractivity contribution in [3.8, 4) is 39.6 Å². The van der Waals surface area contributed by atoms with Gasteiger partial charge in [0, 0.05) is 51.3 Å². The number of anilines is 4. The number of pyridine rings is 1. The molecule has 0 N–H and O–H groups in total. The lowest BCUT2D eigenvalue weighted by Gasteiger charge is -2.27. The van der Waals surface area contributed by atoms with E-state index in [-0.39, 0.29) is 10.8 Å². The molecule has 2 aromatic heterocycles. The normalized spacial score (nSPS) is 14.1. The van der Waals surface area contributed by atoms with Gasteiger partial charge in [-0.25, -0.2) is 4.98 Å². The van der Waals surface area contributed by atoms with E-state index in [2.05, 4.69) is 220 Å². The van der Waals surface area contributed by atoms with Crippen LogP contribution in [0.2, 0.25) is 0 Å². The molecule has 0 spiro atoms. The molecule has 1 aliphatic heterocycles. The van der Waals surface area contributed by atoms with Crippen molar-refractivity contribution in [1.29, 1.82) is 0 Å². The van der Waals surface area contributed by atoms with Crippen molar-refractivity contribution < 1.29 is 4.74 Å². The van der Waals surface area contributed by atoms with Gasteiger partial charge in [-0.2, -0.15) is 0 Å². The summed E-state index contributed by atoms with van der Waals surface area (Å²) in [4.78, 5) is 9.86. The van der Waals surface area contributed by atoms with Crippen molar-refractivity contribution in [2.45, 2.75) is 52.4 Å². The lowest BCUT2D eigenvalue weighted by molar-refractivity contribution is 0.477. The molecule has 3 heterocycles. The van der Waals surface area contributed by atoms with Gasteiger partial charge in [0.2, 0.25) is 0 Å². The van der Waals surface area contributed by atoms with E-state index < -0.39 is 0 Å². The van der Waals surface area contributed by atoms with Gasteiger partial charge in [-0.05, 0) is 88.2 Å². The molecule has 0 fully saturated rings. The standard InChI is InChI=1S/C56H48N4O/c1-36-27-28-40(58-35-59(47-25-14-13-24-46(47)58)54-42(37-17-9-7-10-18-37)21-15-22-43(54)38-19-11-8-12-20-38)32-50(36)61-41-33-45-53-49(34-41)60(51-31-39(29-30-57-51)55(2,3)4)48-26-16-23-44(52(48)53)56(45,5)6/h7-34H,35H2,1-6H3. The molecule has 1 aliphatic carbocycles. The van der Waals surface area contributed by atoms with Crippen LogP contribution in [0.3, 0.4) is 0 Å². The van der Waals surface area contributed by atoms with E-state index in [0.717, 1.165) is 45.5 Å². The first-order valence-electron chi connectivity index (χ1n) is 21.3. The predicted molar refractivity (Wildman–Crippen MR) is 254 cm³/mol. The van der Waals surface area contributed by atoms with Gasteiger partial charge < -0.3 is 14.5 Å². The van der Waals surface area contributed by atoms with Crippen molar-refractivity contribution in [3.63, 3.8) is 0 Å². The topological polar surface area (TPSA) is 33.5 Å². The second-order valence-corrected chi connectivity index (χ2v) is 18.1. The van der Waals surface area contributed by atoms with Crippen LogP contribution >= 0.6 is 0 Å². The zero-order valence-electron chi connectivity index (χ0n) is 35.6. The zero-order chi connectivity index (χ0) is 41.6. The quantitative estimate of drug-likeness (QED) is 0.161. The maximum absolute atomic E-state index is 7.08. The van der Waals surface area contributed by atoms with E-state index in [4.69, 9.17) is 9.72 Å². The average Bonchev–Trinajstić information content (AvgIpc) is 3.90. The third-order valence-electron chi connectivity index (χ3n) is 13.0. The Balaban J connectivity index is 1.02. The number of benzene rings is 7. The Morgan fingerprint density at radius 1 is 0.590 bits per heavy atom. The minimum absolute atomic E-state index is 0.00893. The van der Waals surface area contributed by atoms with E-state index in [1.54, 1.807) is 0 Å². The minimum Gasteiger partial charge on any atom is -0.457 e. The molecule has 0 amide bonds. The maximum atomic E-state index is 7.08. The third kappa shape index (κ3) is 5.86. The van der Waals surface area contributed by atoms with E-state index >= 15 is 0 Å². The van der Waals surface area contributed by atoms with Gasteiger partial charge in [0.25, 0.3) is 0 Å². The molecule has 5 nitrogen and oxygen atoms in total. The summed E-state index contributed by atoms with van der Waals surface area (Å²) in [6.45, 7) is 14.2. The van der Waals surface area contributed by atoms with Gasteiger partial charge in [0.15, 0.2) is 0 Å². The summed E-state index contributed by atoms with van der Waals surface area (Å²) in [6, 6.07) is 59.2. The SMILES string of the molecule is Cc1ccc(N2CN(c3c(-c4ccccc4)cccc3-c3ccccc3)c3ccccc32)cc1Oc1cc2c3c4c(cccc4n(-c4cc(C(C)(C)C)ccn4)c3c1)C2(C)C. The third-order valence-corrected chi connectivity index (χ3v) is 13.0. The molecule has 7 aromatic carbocycles. The minimum atomic E-state index is -0.185. The zero-order valence-corrected chi connectivity index (χ0v) is 35.6. The van der Waals surface area contributed by atoms with Crippen LogP contribution in [-0.4, -0.2) is 16.2 Å². The summed E-state index contributed by atoms with van der Waals surface area (Å²) in [7, 11) is 0. The number of hydrogen-bond donors (Lipinski definition) is 0. The summed E-state index contributed by atoms with van der Waals surface area (Å²) >= 11 is 0. The number of rotatable bonds is 7. The number of ether oxygens (including phenoxy) is 1. The fraction of sp³-hybridized carbons (Fsp3) is 0.161. The van der Waals surface area contributed by atoms with Gasteiger partial charge in [-0.3, -0.25) is 4.57 Å². The van der Waals surface area contributed by atoms with Crippen LogP contribution in [0, 0.1) is 6.92 Å². The first-order valence-corrected chi connectivity index (χ1v) is 21.3. The molecule has 0 atom stereocenters. The van der Waals surface area contributed by atoms with Crippen LogP contribution in [0.5, 0.6) is 11.5 Å². The van der Waals surface area contributed by atoms with E-state index in [0.29, 0.717) is 6.67 Å². The number of nitrogens with zero attached hydrogens (tertiary/aromatic N) is 4. The molecule has 298 valence electrons. The molecule has 61 heavy (non-hydrogen) atoms. The number of aromatic nitrogens is 2. The second-order valence-electron chi connectivity index (χ2n) is 18.1. The largest absolute Gasteiger partial charge is 0.457 e. The van der Waals surface area contributed by atoms with Gasteiger partial charge in [0.05, 0.1) is 28.1 Å². The maximum Gasteiger partial charge on any atom is 0.137 e. The van der Waals surface area contributed by atoms with Crippen LogP contribution in [-0.2, 0) is 10.8 Å². The molecule has 11 rings (SSSR count). The first-order chi connectivity index (χ1) is 29.6. The van der Waals surface area contributed by atoms with Gasteiger partial charge in [-0.15, -0.1) is 0 Å². The molecule has 0 bridgehead atoms. The van der Waals surface area contributed by atoms with Crippen LogP contribution in [0.4, 0.5) is 22.7 Å². The van der Waals surface area contributed by atoms with Crippen LogP contribution < -0.4 is 14.5 Å². The van der Waals surface area contributed by atoms with E-state index in [1.807, 2.05) is 6.20 Å². The van der Waals surface area contributed by atoms with Crippen LogP contribution in [0.15, 0.2) is 170 Å². The van der Waals surface area contributed by atoms with E-state index in [9.17, 15) is 0 Å². The number of fused-ring (bicyclic) bond motifs is 1. The highest BCUT2D eigenvalue weighted by Crippen LogP contribution is 2.53. The van der Waals surface area contributed by atoms with Crippen molar-refractivity contribution in [2.75, 3.05) is 16.5 Å². The van der Waals surface area contributed by atoms with Crippen molar-refractivity contribution >= 4 is 44.6 Å². The summed E-state index contributed by atoms with van der Waals surface area (Å²) in [5.74, 6) is 2.57. The van der Waals surface area contributed by atoms with Crippen molar-refractivity contribution in [1.82, 2.24) is 9.55 Å². The fourth-order valence-electron chi connectivity index (χ4n) is 9.79. The summed E-state index contributed by atoms with van der Waals surface area (Å²) in [6.07, 6.45) is 1.95. The Labute approximate surface area is 358 Å². The van der Waals surface area contributed by atoms with Gasteiger partial charge >= 0.3 is 0 Å². The van der Waals surface area contributed by atoms with E-state index in [1.165, 1.54) is 60.9 Å². The molecule has 0 unspecified atom stereocenters. The average molecular weight is 793 g/mol. The fourth-order valence-corrected chi connectivity index (χ4v) is 9.79. The van der Waals surface area contributed by atoms with Crippen molar-refractivity contribution in [2.24, 2.45) is 0 Å². The highest BCUT2D eigenvalue weighted by atomic mass is 16.5. The predicted octanol–water partition coefficient (Wildman–Crippen LogP) is 14.8. The molecule has 2 aliphatic rings. The van der Waals surface area contributed by atoms with Gasteiger partial charge in [-0.1, -0.05) is 144 Å². The molecule has 0 saturated carbocycles. The molecule has 0 saturated heterocycles. The van der Waals surface area contributed by atoms with Crippen LogP contribution in [0.25, 0.3) is 49.9 Å². The van der Waals surface area contributed by atoms with Gasteiger partial charge in [0.1, 0.15) is 24.0 Å². The van der Waals surface area contributed by atoms with Crippen LogP contribution in [0.1, 0.15) is 56.9 Å². The Kier molecular flexibility index (Phi) is 8.30. The molecule has 9 aromatic rings. The Hall–Kier alpha value is -7.11. The molecule has 0 radical (unpaired) electrons. The monoisotopic (exact) mass is 792 g/mol. The molecular weight excluding hydrogens is 745 g/mol. The molecular formula is C56H48N4O. The summed E-state index contributed by atoms with van der Waals surface area (Å²) in [5, 5.41) is 2.60. The Morgan fingerprint density at radius 2 is 1.23 bits per heavy atom. The number of hydrogen-bond acceptors (Lipinski definition) is 4. The lowest BCUT2D eigenvalue weighted by Crippen LogP contribution is -2.25. The molecule has 5 heteroatoms. The Morgan fingerprint density at radius 3 is 1.92 bits per heavy atom. The summed E-state index contributed by atoms with van der Waals surface area (Å²) in [5.41, 5.74) is 16.4.